The molecule has 186 valence electrons. The van der Waals surface area contributed by atoms with Crippen LogP contribution in [0.25, 0.3) is 0 Å². The lowest BCUT2D eigenvalue weighted by atomic mass is 9.87. The summed E-state index contributed by atoms with van der Waals surface area (Å²) in [6, 6.07) is 3.18. The number of aliphatic hydroxyl groups excluding tert-OH is 1. The minimum atomic E-state index is -0.838. The largest absolute Gasteiger partial charge is 0.393 e. The van der Waals surface area contributed by atoms with E-state index >= 15 is 0 Å². The molecule has 0 atom stereocenters. The van der Waals surface area contributed by atoms with Crippen LogP contribution in [0.15, 0.2) is 23.3 Å². The van der Waals surface area contributed by atoms with Gasteiger partial charge >= 0.3 is 0 Å². The fourth-order valence-corrected chi connectivity index (χ4v) is 5.06. The molecule has 5 rings (SSSR count). The molecule has 2 fully saturated rings. The van der Waals surface area contributed by atoms with E-state index < -0.39 is 11.8 Å². The number of aryl methyl sites for hydroxylation is 1. The molecule has 12 nitrogen and oxygen atoms in total. The number of pyridine rings is 1. The highest BCUT2D eigenvalue weighted by Crippen LogP contribution is 2.37. The summed E-state index contributed by atoms with van der Waals surface area (Å²) in [6.45, 7) is 4.62. The maximum absolute atomic E-state index is 13.5. The van der Waals surface area contributed by atoms with E-state index in [2.05, 4.69) is 25.9 Å². The number of ether oxygens (including phenoxy) is 1. The average molecular weight is 484 g/mol. The molecule has 35 heavy (non-hydrogen) atoms. The molecule has 3 aliphatic rings. The zero-order valence-electron chi connectivity index (χ0n) is 19.5. The lowest BCUT2D eigenvalue weighted by Gasteiger charge is -2.37. The van der Waals surface area contributed by atoms with Gasteiger partial charge in [-0.05, 0) is 44.2 Å². The van der Waals surface area contributed by atoms with Crippen molar-refractivity contribution in [3.8, 4) is 0 Å². The minimum Gasteiger partial charge on any atom is -0.393 e. The van der Waals surface area contributed by atoms with Crippen LogP contribution in [0, 0.1) is 6.92 Å². The topological polar surface area (TPSA) is 151 Å². The van der Waals surface area contributed by atoms with Gasteiger partial charge in [-0.1, -0.05) is 0 Å². The fraction of sp³-hybridized carbons (Fsp3) is 0.522. The Labute approximate surface area is 201 Å². The number of amides is 2. The molecule has 4 N–H and O–H groups in total. The number of nitrogens with zero attached hydrogens (tertiary/aromatic N) is 4. The molecule has 2 aliphatic heterocycles. The number of hydrogen-bond acceptors (Lipinski definition) is 9. The Morgan fingerprint density at radius 3 is 2.66 bits per heavy atom. The highest BCUT2D eigenvalue weighted by molar-refractivity contribution is 5.97. The number of morpholine rings is 1. The smallest absolute Gasteiger partial charge is 0.276 e. The fourth-order valence-electron chi connectivity index (χ4n) is 5.06. The summed E-state index contributed by atoms with van der Waals surface area (Å²) in [7, 11) is 0. The van der Waals surface area contributed by atoms with Crippen molar-refractivity contribution in [3.05, 3.63) is 40.1 Å². The number of rotatable bonds is 5. The summed E-state index contributed by atoms with van der Waals surface area (Å²) < 4.78 is 6.83. The third-order valence-electron chi connectivity index (χ3n) is 6.83. The average Bonchev–Trinajstić information content (AvgIpc) is 3.12. The molecule has 2 amide bonds. The summed E-state index contributed by atoms with van der Waals surface area (Å²) in [5.41, 5.74) is 0.0703. The van der Waals surface area contributed by atoms with E-state index in [0.29, 0.717) is 74.9 Å². The number of hydrogen-bond donors (Lipinski definition) is 4. The summed E-state index contributed by atoms with van der Waals surface area (Å²) in [5.74, 6) is 0.170. The molecule has 0 bridgehead atoms. The molecule has 2 aromatic rings. The zero-order valence-corrected chi connectivity index (χ0v) is 19.5. The van der Waals surface area contributed by atoms with Gasteiger partial charge in [-0.25, -0.2) is 9.97 Å². The van der Waals surface area contributed by atoms with Crippen molar-refractivity contribution in [1.82, 2.24) is 24.8 Å². The zero-order chi connectivity index (χ0) is 24.6. The monoisotopic (exact) mass is 483 g/mol. The van der Waals surface area contributed by atoms with Gasteiger partial charge in [0.15, 0.2) is 0 Å². The predicted molar refractivity (Wildman–Crippen MR) is 127 cm³/mol. The van der Waals surface area contributed by atoms with E-state index in [-0.39, 0.29) is 29.6 Å². The number of aromatic nitrogens is 3. The number of fused-ring (bicyclic) bond motifs is 2. The Kier molecular flexibility index (Phi) is 6.26. The van der Waals surface area contributed by atoms with Crippen molar-refractivity contribution < 1.29 is 19.4 Å². The quantitative estimate of drug-likeness (QED) is 0.470. The van der Waals surface area contributed by atoms with Crippen molar-refractivity contribution in [3.63, 3.8) is 0 Å². The Balaban J connectivity index is 1.37. The van der Waals surface area contributed by atoms with Crippen molar-refractivity contribution in [2.75, 3.05) is 43.5 Å². The summed E-state index contributed by atoms with van der Waals surface area (Å²) in [4.78, 5) is 49.0. The van der Waals surface area contributed by atoms with Gasteiger partial charge in [0, 0.05) is 19.2 Å². The number of anilines is 3. The van der Waals surface area contributed by atoms with E-state index in [1.165, 1.54) is 10.9 Å². The first-order chi connectivity index (χ1) is 16.8. The van der Waals surface area contributed by atoms with Crippen LogP contribution >= 0.6 is 0 Å². The van der Waals surface area contributed by atoms with Gasteiger partial charge in [0.25, 0.3) is 11.5 Å². The molecule has 2 aromatic heterocycles. The third-order valence-corrected chi connectivity index (χ3v) is 6.83. The first-order valence-corrected chi connectivity index (χ1v) is 11.8. The number of carbonyl (C=O) groups excluding carboxylic acids is 2. The van der Waals surface area contributed by atoms with Gasteiger partial charge in [-0.2, -0.15) is 0 Å². The molecule has 1 aliphatic carbocycles. The van der Waals surface area contributed by atoms with Crippen molar-refractivity contribution in [1.29, 1.82) is 0 Å². The van der Waals surface area contributed by atoms with Gasteiger partial charge in [-0.15, -0.1) is 0 Å². The maximum Gasteiger partial charge on any atom is 0.276 e. The Morgan fingerprint density at radius 1 is 1.20 bits per heavy atom. The second kappa shape index (κ2) is 9.36. The minimum absolute atomic E-state index is 0.198. The molecule has 0 aromatic carbocycles. The molecular weight excluding hydrogens is 454 g/mol. The SMILES string of the molecule is Cc1cc(Nc2cc(NC(=O)CN3CCOCC3)ncn2)c(=O)n2c1C(=O)NC21CCC(O)CC1. The molecule has 12 heteroatoms. The second-order valence-electron chi connectivity index (χ2n) is 9.30. The number of carbonyl (C=O) groups is 2. The Hall–Kier alpha value is -3.35. The van der Waals surface area contributed by atoms with E-state index in [1.807, 2.05) is 4.90 Å². The number of nitrogens with one attached hydrogen (secondary N) is 3. The standard InChI is InChI=1S/C23H29N7O5/c1-14-10-16(22(34)30-20(14)21(33)28-23(30)4-2-15(31)3-5-23)26-17-11-18(25-13-24-17)27-19(32)12-29-6-8-35-9-7-29/h10-11,13,15,31H,2-9,12H2,1H3,(H,28,33)(H2,24,25,26,27,32). The Morgan fingerprint density at radius 2 is 1.91 bits per heavy atom. The maximum atomic E-state index is 13.5. The Bertz CT molecular complexity index is 1200. The molecule has 1 saturated carbocycles. The summed E-state index contributed by atoms with van der Waals surface area (Å²) >= 11 is 0. The molecular formula is C23H29N7O5. The van der Waals surface area contributed by atoms with Crippen LogP contribution in [-0.2, 0) is 15.2 Å². The molecule has 0 unspecified atom stereocenters. The van der Waals surface area contributed by atoms with Crippen molar-refractivity contribution in [2.24, 2.45) is 0 Å². The van der Waals surface area contributed by atoms with Crippen LogP contribution in [0.2, 0.25) is 0 Å². The van der Waals surface area contributed by atoms with Crippen molar-refractivity contribution >= 4 is 29.1 Å². The van der Waals surface area contributed by atoms with Crippen LogP contribution in [0.4, 0.5) is 17.3 Å². The molecule has 1 saturated heterocycles. The molecule has 4 heterocycles. The van der Waals surface area contributed by atoms with Crippen molar-refractivity contribution in [2.45, 2.75) is 44.4 Å². The van der Waals surface area contributed by atoms with Crippen LogP contribution in [0.1, 0.15) is 41.7 Å². The molecule has 0 radical (unpaired) electrons. The van der Waals surface area contributed by atoms with Gasteiger partial charge in [-0.3, -0.25) is 23.9 Å². The lowest BCUT2D eigenvalue weighted by molar-refractivity contribution is -0.118. The van der Waals surface area contributed by atoms with Crippen LogP contribution in [-0.4, -0.2) is 75.3 Å². The first-order valence-electron chi connectivity index (χ1n) is 11.8. The first kappa shape index (κ1) is 23.4. The number of aliphatic hydroxyl groups is 1. The van der Waals surface area contributed by atoms with Crippen LogP contribution < -0.4 is 21.5 Å². The van der Waals surface area contributed by atoms with Gasteiger partial charge in [0.05, 0.1) is 25.9 Å². The van der Waals surface area contributed by atoms with E-state index in [9.17, 15) is 19.5 Å². The summed E-state index contributed by atoms with van der Waals surface area (Å²) in [6.07, 6.45) is 2.83. The normalized spacial score (nSPS) is 24.2. The van der Waals surface area contributed by atoms with E-state index in [1.54, 1.807) is 19.1 Å². The van der Waals surface area contributed by atoms with Gasteiger partial charge in [0.1, 0.15) is 35.0 Å². The summed E-state index contributed by atoms with van der Waals surface area (Å²) in [5, 5.41) is 18.7. The second-order valence-corrected chi connectivity index (χ2v) is 9.30. The van der Waals surface area contributed by atoms with Gasteiger partial charge in [0.2, 0.25) is 5.91 Å². The van der Waals surface area contributed by atoms with Gasteiger partial charge < -0.3 is 25.8 Å². The predicted octanol–water partition coefficient (Wildman–Crippen LogP) is 0.292. The van der Waals surface area contributed by atoms with E-state index in [4.69, 9.17) is 4.74 Å². The molecule has 1 spiro atoms. The van der Waals surface area contributed by atoms with Crippen LogP contribution in [0.5, 0.6) is 0 Å². The highest BCUT2D eigenvalue weighted by Gasteiger charge is 2.46. The lowest BCUT2D eigenvalue weighted by Crippen LogP contribution is -2.50. The van der Waals surface area contributed by atoms with E-state index in [0.717, 1.165) is 0 Å². The highest BCUT2D eigenvalue weighted by atomic mass is 16.5. The van der Waals surface area contributed by atoms with Crippen LogP contribution in [0.3, 0.4) is 0 Å². The third kappa shape index (κ3) is 4.64.